The molecule has 42 heavy (non-hydrogen) atoms. The average Bonchev–Trinajstić information content (AvgIpc) is 2.98. The Kier molecular flexibility index (Phi) is 9.80. The fraction of sp³-hybridized carbons (Fsp3) is 0.333. The molecule has 0 fully saturated rings. The zero-order valence-electron chi connectivity index (χ0n) is 23.7. The van der Waals surface area contributed by atoms with Crippen LogP contribution in [0.4, 0.5) is 28.7 Å². The van der Waals surface area contributed by atoms with Crippen LogP contribution in [0.25, 0.3) is 15.6 Å². The fourth-order valence-electron chi connectivity index (χ4n) is 4.63. The number of pyridine rings is 1. The summed E-state index contributed by atoms with van der Waals surface area (Å²) in [6.07, 6.45) is 1.68. The van der Waals surface area contributed by atoms with Crippen LogP contribution in [0.1, 0.15) is 25.3 Å². The molecule has 0 saturated carbocycles. The Morgan fingerprint density at radius 1 is 0.881 bits per heavy atom. The molecule has 1 heterocycles. The molecule has 218 valence electrons. The topological polar surface area (TPSA) is 152 Å². The minimum absolute atomic E-state index is 0.0135. The van der Waals surface area contributed by atoms with Crippen LogP contribution in [0.5, 0.6) is 0 Å². The van der Waals surface area contributed by atoms with E-state index in [-0.39, 0.29) is 16.5 Å². The van der Waals surface area contributed by atoms with Crippen molar-refractivity contribution in [3.05, 3.63) is 98.6 Å². The van der Waals surface area contributed by atoms with Crippen LogP contribution in [0.3, 0.4) is 0 Å². The second-order valence-electron chi connectivity index (χ2n) is 9.53. The molecule has 4 rings (SSSR count). The summed E-state index contributed by atoms with van der Waals surface area (Å²) in [5.74, 6) is 0.832. The summed E-state index contributed by atoms with van der Waals surface area (Å²) in [6.45, 7) is 14.3. The third-order valence-electron chi connectivity index (χ3n) is 6.67. The Balaban J connectivity index is 1.74. The molecule has 0 amide bonds. The number of anilines is 4. The van der Waals surface area contributed by atoms with Gasteiger partial charge in [0.25, 0.3) is 0 Å². The summed E-state index contributed by atoms with van der Waals surface area (Å²) in [7, 11) is 1.58. The SMILES string of the molecule is [C-]#[N+]c1c(NCCCOCCC)nc(NCCOC)c(NNc2cccc3c(=O)c4c(=O)ccc(=O)c=4c(=O)c23)c1C. The molecule has 12 heteroatoms. The Hall–Kier alpha value is -4.86. The maximum atomic E-state index is 13.4. The normalized spacial score (nSPS) is 11.0. The number of benzene rings is 1. The second kappa shape index (κ2) is 13.7. The molecular formula is C30H32N6O6. The summed E-state index contributed by atoms with van der Waals surface area (Å²) in [4.78, 5) is 59.9. The lowest BCUT2D eigenvalue weighted by Gasteiger charge is -2.20. The molecule has 0 unspecified atom stereocenters. The summed E-state index contributed by atoms with van der Waals surface area (Å²) >= 11 is 0. The van der Waals surface area contributed by atoms with Gasteiger partial charge in [0.15, 0.2) is 22.1 Å². The van der Waals surface area contributed by atoms with Gasteiger partial charge in [-0.1, -0.05) is 19.1 Å². The molecule has 4 N–H and O–H groups in total. The lowest BCUT2D eigenvalue weighted by molar-refractivity contribution is 0.134. The van der Waals surface area contributed by atoms with Crippen LogP contribution in [0.2, 0.25) is 0 Å². The van der Waals surface area contributed by atoms with E-state index in [4.69, 9.17) is 16.0 Å². The second-order valence-corrected chi connectivity index (χ2v) is 9.53. The highest BCUT2D eigenvalue weighted by Gasteiger charge is 2.19. The van der Waals surface area contributed by atoms with Gasteiger partial charge >= 0.3 is 0 Å². The monoisotopic (exact) mass is 572 g/mol. The molecule has 0 spiro atoms. The number of methoxy groups -OCH3 is 1. The van der Waals surface area contributed by atoms with Crippen molar-refractivity contribution >= 4 is 39.5 Å². The van der Waals surface area contributed by atoms with Crippen molar-refractivity contribution in [3.63, 3.8) is 0 Å². The van der Waals surface area contributed by atoms with Crippen molar-refractivity contribution in [2.45, 2.75) is 26.7 Å². The summed E-state index contributed by atoms with van der Waals surface area (Å²) < 4.78 is 10.7. The van der Waals surface area contributed by atoms with Crippen molar-refractivity contribution in [2.24, 2.45) is 0 Å². The van der Waals surface area contributed by atoms with Crippen LogP contribution in [0, 0.1) is 23.9 Å². The smallest absolute Gasteiger partial charge is 0.233 e. The Bertz CT molecular complexity index is 1910. The van der Waals surface area contributed by atoms with Gasteiger partial charge in [0.2, 0.25) is 11.1 Å². The number of hydrogen-bond acceptors (Lipinski definition) is 11. The summed E-state index contributed by atoms with van der Waals surface area (Å²) in [5, 5.41) is 5.57. The number of fused-ring (bicyclic) bond motifs is 1. The average molecular weight is 573 g/mol. The Labute approximate surface area is 240 Å². The maximum absolute atomic E-state index is 13.4. The van der Waals surface area contributed by atoms with Crippen LogP contribution < -0.4 is 43.2 Å². The first kappa shape index (κ1) is 30.1. The van der Waals surface area contributed by atoms with Gasteiger partial charge in [-0.05, 0) is 43.5 Å². The molecule has 1 aromatic carbocycles. The van der Waals surface area contributed by atoms with Gasteiger partial charge in [-0.3, -0.25) is 24.6 Å². The fourth-order valence-corrected chi connectivity index (χ4v) is 4.63. The van der Waals surface area contributed by atoms with Crippen LogP contribution in [-0.4, -0.2) is 45.0 Å². The van der Waals surface area contributed by atoms with E-state index in [1.54, 1.807) is 26.2 Å². The third-order valence-corrected chi connectivity index (χ3v) is 6.67. The first-order valence-corrected chi connectivity index (χ1v) is 13.6. The molecular weight excluding hydrogens is 540 g/mol. The van der Waals surface area contributed by atoms with Crippen molar-refractivity contribution in [2.75, 3.05) is 61.5 Å². The molecule has 12 nitrogen and oxygen atoms in total. The first-order valence-electron chi connectivity index (χ1n) is 13.6. The van der Waals surface area contributed by atoms with Crippen LogP contribution in [0.15, 0.2) is 49.5 Å². The molecule has 2 aliphatic carbocycles. The standard InChI is InChI=1S/C30H32N6O6/c1-5-14-42-15-7-12-32-29-25(31-3)17(2)26(30(34-29)33-13-16-41-4)36-35-19-9-6-8-18-22(19)28(40)24-21(38)11-10-20(37)23(24)27(18)39/h6,8-11,35-36H,5,7,12-16H2,1-2,4H3,(H2,32,33,34). The van der Waals surface area contributed by atoms with Gasteiger partial charge in [0, 0.05) is 38.8 Å². The van der Waals surface area contributed by atoms with Crippen LogP contribution in [-0.2, 0) is 9.47 Å². The van der Waals surface area contributed by atoms with Gasteiger partial charge in [0.05, 0.1) is 40.4 Å². The molecule has 0 bridgehead atoms. The Morgan fingerprint density at radius 2 is 1.60 bits per heavy atom. The van der Waals surface area contributed by atoms with E-state index in [1.807, 2.05) is 6.92 Å². The predicted octanol–water partition coefficient (Wildman–Crippen LogP) is 2.86. The van der Waals surface area contributed by atoms with Crippen molar-refractivity contribution < 1.29 is 9.47 Å². The lowest BCUT2D eigenvalue weighted by atomic mass is 10.0. The maximum Gasteiger partial charge on any atom is 0.233 e. The highest BCUT2D eigenvalue weighted by molar-refractivity contribution is 5.94. The van der Waals surface area contributed by atoms with Gasteiger partial charge in [-0.15, -0.1) is 0 Å². The van der Waals surface area contributed by atoms with Gasteiger partial charge in [-0.2, -0.15) is 0 Å². The van der Waals surface area contributed by atoms with E-state index >= 15 is 0 Å². The molecule has 0 saturated heterocycles. The van der Waals surface area contributed by atoms with E-state index in [9.17, 15) is 19.2 Å². The van der Waals surface area contributed by atoms with Crippen molar-refractivity contribution in [1.82, 2.24) is 4.98 Å². The van der Waals surface area contributed by atoms with Crippen molar-refractivity contribution in [1.29, 1.82) is 0 Å². The van der Waals surface area contributed by atoms with E-state index in [2.05, 4.69) is 31.3 Å². The molecule has 0 atom stereocenters. The highest BCUT2D eigenvalue weighted by atomic mass is 16.5. The molecule has 0 aliphatic heterocycles. The number of aromatic nitrogens is 1. The summed E-state index contributed by atoms with van der Waals surface area (Å²) in [5.41, 5.74) is 4.78. The molecule has 0 radical (unpaired) electrons. The number of hydrazine groups is 1. The minimum atomic E-state index is -0.718. The van der Waals surface area contributed by atoms with E-state index in [0.29, 0.717) is 61.5 Å². The Morgan fingerprint density at radius 3 is 2.29 bits per heavy atom. The zero-order chi connectivity index (χ0) is 30.2. The third kappa shape index (κ3) is 6.07. The molecule has 2 aliphatic rings. The predicted molar refractivity (Wildman–Crippen MR) is 164 cm³/mol. The molecule has 1 aromatic heterocycles. The van der Waals surface area contributed by atoms with Gasteiger partial charge in [-0.25, -0.2) is 9.83 Å². The van der Waals surface area contributed by atoms with Crippen molar-refractivity contribution in [3.8, 4) is 0 Å². The highest BCUT2D eigenvalue weighted by Crippen LogP contribution is 2.37. The number of nitrogens with zero attached hydrogens (tertiary/aromatic N) is 2. The van der Waals surface area contributed by atoms with Gasteiger partial charge in [0.1, 0.15) is 5.82 Å². The number of ether oxygens (including phenoxy) is 2. The van der Waals surface area contributed by atoms with Crippen LogP contribution >= 0.6 is 0 Å². The zero-order valence-corrected chi connectivity index (χ0v) is 23.7. The first-order chi connectivity index (χ1) is 20.3. The number of hydrogen-bond donors (Lipinski definition) is 4. The molecule has 2 aromatic rings. The van der Waals surface area contributed by atoms with E-state index < -0.39 is 32.2 Å². The summed E-state index contributed by atoms with van der Waals surface area (Å²) in [6, 6.07) is 6.58. The number of nitrogens with one attached hydrogen (secondary N) is 4. The quantitative estimate of drug-likeness (QED) is 0.100. The largest absolute Gasteiger partial charge is 0.383 e. The van der Waals surface area contributed by atoms with Gasteiger partial charge < -0.3 is 25.5 Å². The number of rotatable bonds is 14. The lowest BCUT2D eigenvalue weighted by Crippen LogP contribution is -2.28. The van der Waals surface area contributed by atoms with E-state index in [0.717, 1.165) is 25.0 Å². The minimum Gasteiger partial charge on any atom is -0.383 e. The van der Waals surface area contributed by atoms with E-state index in [1.165, 1.54) is 6.07 Å².